The van der Waals surface area contributed by atoms with E-state index < -0.39 is 0 Å². The lowest BCUT2D eigenvalue weighted by molar-refractivity contribution is 0.334. The van der Waals surface area contributed by atoms with Crippen LogP contribution in [0.25, 0.3) is 0 Å². The maximum Gasteiger partial charge on any atom is 0.0679 e. The Kier molecular flexibility index (Phi) is 2.88. The van der Waals surface area contributed by atoms with Gasteiger partial charge in [-0.15, -0.1) is 0 Å². The zero-order valence-corrected chi connectivity index (χ0v) is 8.85. The highest BCUT2D eigenvalue weighted by atomic mass is 16.3. The summed E-state index contributed by atoms with van der Waals surface area (Å²) < 4.78 is 0. The highest BCUT2D eigenvalue weighted by molar-refractivity contribution is 5.53. The Balaban J connectivity index is 2.12. The molecule has 2 rings (SSSR count). The molecular formula is C13H15NO. The molecule has 1 aliphatic heterocycles. The van der Waals surface area contributed by atoms with Gasteiger partial charge in [0.1, 0.15) is 0 Å². The molecule has 0 atom stereocenters. The number of hydrogen-bond donors (Lipinski definition) is 1. The maximum absolute atomic E-state index is 8.95. The number of aliphatic hydroxyl groups excluding tert-OH is 1. The predicted octanol–water partition coefficient (Wildman–Crippen LogP) is 2.25. The fourth-order valence-corrected chi connectivity index (χ4v) is 1.58. The molecule has 0 amide bonds. The summed E-state index contributed by atoms with van der Waals surface area (Å²) in [6, 6.07) is 8.43. The standard InChI is InChI=1S/C13H15NO/c1-11-2-4-13(5-3-11)14-8-6-12(10-15)7-9-14/h2-8,15H,9-10H2,1H3. The number of benzene rings is 1. The van der Waals surface area contributed by atoms with Crippen molar-refractivity contribution in [2.24, 2.45) is 0 Å². The molecule has 1 aromatic rings. The van der Waals surface area contributed by atoms with Crippen LogP contribution >= 0.6 is 0 Å². The number of aryl methyl sites for hydroxylation is 1. The average Bonchev–Trinajstić information content (AvgIpc) is 2.30. The number of hydrogen-bond acceptors (Lipinski definition) is 2. The summed E-state index contributed by atoms with van der Waals surface area (Å²) >= 11 is 0. The van der Waals surface area contributed by atoms with Gasteiger partial charge in [0.15, 0.2) is 0 Å². The van der Waals surface area contributed by atoms with Gasteiger partial charge < -0.3 is 10.0 Å². The monoisotopic (exact) mass is 201 g/mol. The topological polar surface area (TPSA) is 23.5 Å². The van der Waals surface area contributed by atoms with Crippen LogP contribution in [0.5, 0.6) is 0 Å². The molecule has 2 nitrogen and oxygen atoms in total. The van der Waals surface area contributed by atoms with Gasteiger partial charge >= 0.3 is 0 Å². The van der Waals surface area contributed by atoms with Crippen LogP contribution in [0.1, 0.15) is 5.56 Å². The minimum Gasteiger partial charge on any atom is -0.392 e. The van der Waals surface area contributed by atoms with Gasteiger partial charge in [-0.05, 0) is 30.7 Å². The van der Waals surface area contributed by atoms with E-state index in [-0.39, 0.29) is 6.61 Å². The zero-order valence-electron chi connectivity index (χ0n) is 8.85. The van der Waals surface area contributed by atoms with E-state index in [2.05, 4.69) is 36.1 Å². The molecule has 0 saturated heterocycles. The fourth-order valence-electron chi connectivity index (χ4n) is 1.58. The second kappa shape index (κ2) is 4.32. The van der Waals surface area contributed by atoms with Crippen molar-refractivity contribution < 1.29 is 5.11 Å². The van der Waals surface area contributed by atoms with Gasteiger partial charge in [0, 0.05) is 18.4 Å². The highest BCUT2D eigenvalue weighted by Crippen LogP contribution is 2.18. The minimum atomic E-state index is 0.123. The molecule has 0 aliphatic carbocycles. The largest absolute Gasteiger partial charge is 0.392 e. The number of nitrogens with zero attached hydrogens (tertiary/aromatic N) is 1. The lowest BCUT2D eigenvalue weighted by Gasteiger charge is -2.22. The van der Waals surface area contributed by atoms with E-state index in [0.717, 1.165) is 12.1 Å². The lowest BCUT2D eigenvalue weighted by Crippen LogP contribution is -2.19. The molecule has 2 heteroatoms. The summed E-state index contributed by atoms with van der Waals surface area (Å²) in [5, 5.41) is 8.95. The molecule has 1 heterocycles. The Hall–Kier alpha value is -1.54. The van der Waals surface area contributed by atoms with E-state index in [0.29, 0.717) is 0 Å². The Bertz CT molecular complexity index is 390. The van der Waals surface area contributed by atoms with Gasteiger partial charge in [0.05, 0.1) is 6.61 Å². The maximum atomic E-state index is 8.95. The molecular weight excluding hydrogens is 186 g/mol. The first-order valence-corrected chi connectivity index (χ1v) is 5.11. The van der Waals surface area contributed by atoms with Crippen LogP contribution in [0, 0.1) is 6.92 Å². The van der Waals surface area contributed by atoms with Crippen LogP contribution in [-0.4, -0.2) is 18.3 Å². The smallest absolute Gasteiger partial charge is 0.0679 e. The molecule has 0 aromatic heterocycles. The predicted molar refractivity (Wildman–Crippen MR) is 62.8 cm³/mol. The molecule has 1 aliphatic rings. The number of aliphatic hydroxyl groups is 1. The third-order valence-corrected chi connectivity index (χ3v) is 2.57. The molecule has 0 fully saturated rings. The van der Waals surface area contributed by atoms with Crippen molar-refractivity contribution in [3.05, 3.63) is 53.8 Å². The van der Waals surface area contributed by atoms with E-state index in [9.17, 15) is 0 Å². The fraction of sp³-hybridized carbons (Fsp3) is 0.231. The second-order valence-electron chi connectivity index (χ2n) is 3.74. The van der Waals surface area contributed by atoms with E-state index in [1.54, 1.807) is 0 Å². The van der Waals surface area contributed by atoms with Crippen LogP contribution in [0.3, 0.4) is 0 Å². The highest BCUT2D eigenvalue weighted by Gasteiger charge is 2.05. The second-order valence-corrected chi connectivity index (χ2v) is 3.74. The third kappa shape index (κ3) is 2.28. The molecule has 1 N–H and O–H groups in total. The normalized spacial score (nSPS) is 15.3. The SMILES string of the molecule is Cc1ccc(N2C=CC(CO)=CC2)cc1. The summed E-state index contributed by atoms with van der Waals surface area (Å²) in [5.74, 6) is 0. The molecule has 0 bridgehead atoms. The van der Waals surface area contributed by atoms with Crippen LogP contribution < -0.4 is 4.90 Å². The molecule has 0 radical (unpaired) electrons. The summed E-state index contributed by atoms with van der Waals surface area (Å²) in [5.41, 5.74) is 3.44. The van der Waals surface area contributed by atoms with Crippen LogP contribution in [-0.2, 0) is 0 Å². The van der Waals surface area contributed by atoms with Crippen molar-refractivity contribution in [1.82, 2.24) is 0 Å². The van der Waals surface area contributed by atoms with Gasteiger partial charge in [0.2, 0.25) is 0 Å². The van der Waals surface area contributed by atoms with E-state index in [1.165, 1.54) is 11.3 Å². The Morgan fingerprint density at radius 1 is 1.27 bits per heavy atom. The minimum absolute atomic E-state index is 0.123. The van der Waals surface area contributed by atoms with Crippen molar-refractivity contribution in [1.29, 1.82) is 0 Å². The van der Waals surface area contributed by atoms with Crippen molar-refractivity contribution >= 4 is 5.69 Å². The van der Waals surface area contributed by atoms with Crippen molar-refractivity contribution in [3.8, 4) is 0 Å². The van der Waals surface area contributed by atoms with Crippen LogP contribution in [0.2, 0.25) is 0 Å². The average molecular weight is 201 g/mol. The van der Waals surface area contributed by atoms with Crippen LogP contribution in [0.15, 0.2) is 48.2 Å². The molecule has 0 saturated carbocycles. The lowest BCUT2D eigenvalue weighted by atomic mass is 10.1. The van der Waals surface area contributed by atoms with Gasteiger partial charge in [-0.2, -0.15) is 0 Å². The van der Waals surface area contributed by atoms with Crippen molar-refractivity contribution in [3.63, 3.8) is 0 Å². The van der Waals surface area contributed by atoms with Crippen molar-refractivity contribution in [2.45, 2.75) is 6.92 Å². The molecule has 0 unspecified atom stereocenters. The van der Waals surface area contributed by atoms with Crippen molar-refractivity contribution in [2.75, 3.05) is 18.1 Å². The van der Waals surface area contributed by atoms with Gasteiger partial charge in [-0.1, -0.05) is 23.8 Å². The molecule has 78 valence electrons. The molecule has 15 heavy (non-hydrogen) atoms. The summed E-state index contributed by atoms with van der Waals surface area (Å²) in [7, 11) is 0. The van der Waals surface area contributed by atoms with Crippen LogP contribution in [0.4, 0.5) is 5.69 Å². The van der Waals surface area contributed by atoms with E-state index in [4.69, 9.17) is 5.11 Å². The first-order valence-electron chi connectivity index (χ1n) is 5.11. The summed E-state index contributed by atoms with van der Waals surface area (Å²) in [4.78, 5) is 2.15. The zero-order chi connectivity index (χ0) is 10.7. The first-order chi connectivity index (χ1) is 7.29. The summed E-state index contributed by atoms with van der Waals surface area (Å²) in [6.45, 7) is 3.04. The Morgan fingerprint density at radius 2 is 2.00 bits per heavy atom. The molecule has 1 aromatic carbocycles. The number of rotatable bonds is 2. The third-order valence-electron chi connectivity index (χ3n) is 2.57. The van der Waals surface area contributed by atoms with Gasteiger partial charge in [-0.25, -0.2) is 0 Å². The number of anilines is 1. The van der Waals surface area contributed by atoms with E-state index in [1.807, 2.05) is 18.4 Å². The van der Waals surface area contributed by atoms with Gasteiger partial charge in [-0.3, -0.25) is 0 Å². The molecule has 0 spiro atoms. The van der Waals surface area contributed by atoms with E-state index >= 15 is 0 Å². The quantitative estimate of drug-likeness (QED) is 0.793. The Labute approximate surface area is 90.2 Å². The van der Waals surface area contributed by atoms with Gasteiger partial charge in [0.25, 0.3) is 0 Å². The Morgan fingerprint density at radius 3 is 2.53 bits per heavy atom. The first kappa shape index (κ1) is 9.99. The summed E-state index contributed by atoms with van der Waals surface area (Å²) in [6.07, 6.45) is 6.00.